The largest absolute Gasteiger partial charge is 0.497 e. The summed E-state index contributed by atoms with van der Waals surface area (Å²) in [4.78, 5) is 4.42. The van der Waals surface area contributed by atoms with E-state index in [0.717, 1.165) is 11.3 Å². The predicted molar refractivity (Wildman–Crippen MR) is 101 cm³/mol. The number of nitriles is 1. The molecule has 4 nitrogen and oxygen atoms in total. The summed E-state index contributed by atoms with van der Waals surface area (Å²) in [6, 6.07) is 13.1. The highest BCUT2D eigenvalue weighted by Gasteiger charge is 2.18. The van der Waals surface area contributed by atoms with Gasteiger partial charge in [0.25, 0.3) is 0 Å². The van der Waals surface area contributed by atoms with Crippen molar-refractivity contribution < 1.29 is 9.47 Å². The molecule has 1 aromatic carbocycles. The number of methoxy groups -OCH3 is 2. The predicted octanol–water partition coefficient (Wildman–Crippen LogP) is 5.67. The van der Waals surface area contributed by atoms with Crippen LogP contribution in [0.25, 0.3) is 22.4 Å². The molecule has 3 rings (SSSR count). The number of hydrogen-bond donors (Lipinski definition) is 0. The Bertz CT molecular complexity index is 962. The van der Waals surface area contributed by atoms with Crippen molar-refractivity contribution in [1.29, 1.82) is 5.26 Å². The molecule has 0 aliphatic carbocycles. The molecule has 2 heterocycles. The number of aromatic nitrogens is 1. The average Bonchev–Trinajstić information content (AvgIpc) is 2.98. The van der Waals surface area contributed by atoms with Crippen LogP contribution in [0.1, 0.15) is 5.56 Å². The number of halogens is 2. The van der Waals surface area contributed by atoms with E-state index in [1.54, 1.807) is 13.2 Å². The Morgan fingerprint density at radius 3 is 2.28 bits per heavy atom. The summed E-state index contributed by atoms with van der Waals surface area (Å²) < 4.78 is 11.6. The summed E-state index contributed by atoms with van der Waals surface area (Å²) in [5, 5.41) is 9.57. The maximum atomic E-state index is 9.57. The summed E-state index contributed by atoms with van der Waals surface area (Å²) in [7, 11) is 3.08. The van der Waals surface area contributed by atoms with Gasteiger partial charge in [0.1, 0.15) is 21.7 Å². The fourth-order valence-corrected chi connectivity index (χ4v) is 3.91. The highest BCUT2D eigenvalue weighted by atomic mass is 35.5. The van der Waals surface area contributed by atoms with Crippen molar-refractivity contribution in [2.75, 3.05) is 14.2 Å². The van der Waals surface area contributed by atoms with Crippen LogP contribution >= 0.6 is 34.5 Å². The van der Waals surface area contributed by atoms with Crippen LogP contribution in [0.3, 0.4) is 0 Å². The summed E-state index contributed by atoms with van der Waals surface area (Å²) in [6.45, 7) is 0. The van der Waals surface area contributed by atoms with Crippen LogP contribution in [0, 0.1) is 11.3 Å². The fourth-order valence-electron chi connectivity index (χ4n) is 2.43. The van der Waals surface area contributed by atoms with Gasteiger partial charge < -0.3 is 9.47 Å². The van der Waals surface area contributed by atoms with Crippen LogP contribution in [0.2, 0.25) is 8.67 Å². The van der Waals surface area contributed by atoms with Gasteiger partial charge in [-0.25, -0.2) is 4.98 Å². The van der Waals surface area contributed by atoms with Crippen LogP contribution < -0.4 is 9.47 Å². The third-order valence-electron chi connectivity index (χ3n) is 3.63. The Balaban J connectivity index is 2.23. The van der Waals surface area contributed by atoms with Crippen LogP contribution in [0.15, 0.2) is 36.4 Å². The number of rotatable bonds is 4. The van der Waals surface area contributed by atoms with Crippen molar-refractivity contribution in [2.24, 2.45) is 0 Å². The van der Waals surface area contributed by atoms with Gasteiger partial charge in [0.05, 0.1) is 24.2 Å². The first-order valence-corrected chi connectivity index (χ1v) is 8.73. The highest BCUT2D eigenvalue weighted by Crippen LogP contribution is 2.40. The highest BCUT2D eigenvalue weighted by molar-refractivity contribution is 7.20. The zero-order chi connectivity index (χ0) is 18.0. The Kier molecular flexibility index (Phi) is 5.14. The molecule has 3 aromatic rings. The van der Waals surface area contributed by atoms with Gasteiger partial charge in [0.2, 0.25) is 5.88 Å². The zero-order valence-corrected chi connectivity index (χ0v) is 15.7. The van der Waals surface area contributed by atoms with Gasteiger partial charge in [-0.2, -0.15) is 5.26 Å². The molecule has 2 aromatic heterocycles. The Morgan fingerprint density at radius 1 is 1.04 bits per heavy atom. The van der Waals surface area contributed by atoms with E-state index in [2.05, 4.69) is 11.1 Å². The molecular weight excluding hydrogens is 379 g/mol. The number of thiophene rings is 1. The second-order valence-electron chi connectivity index (χ2n) is 5.02. The van der Waals surface area contributed by atoms with Crippen LogP contribution in [0.5, 0.6) is 11.6 Å². The molecule has 0 saturated heterocycles. The first-order valence-electron chi connectivity index (χ1n) is 7.16. The lowest BCUT2D eigenvalue weighted by Crippen LogP contribution is -1.97. The molecule has 0 fully saturated rings. The monoisotopic (exact) mass is 390 g/mol. The molecule has 0 N–H and O–H groups in total. The van der Waals surface area contributed by atoms with Gasteiger partial charge >= 0.3 is 0 Å². The smallest absolute Gasteiger partial charge is 0.232 e. The van der Waals surface area contributed by atoms with E-state index < -0.39 is 0 Å². The number of ether oxygens (including phenoxy) is 2. The minimum Gasteiger partial charge on any atom is -0.497 e. The van der Waals surface area contributed by atoms with E-state index in [9.17, 15) is 5.26 Å². The molecule has 0 amide bonds. The summed E-state index contributed by atoms with van der Waals surface area (Å²) in [5.41, 5.74) is 3.19. The van der Waals surface area contributed by atoms with Gasteiger partial charge in [-0.15, -0.1) is 11.3 Å². The normalized spacial score (nSPS) is 10.4. The Hall–Kier alpha value is -2.26. The van der Waals surface area contributed by atoms with Crippen LogP contribution in [-0.2, 0) is 0 Å². The molecular formula is C18H12Cl2N2O2S. The summed E-state index contributed by atoms with van der Waals surface area (Å²) in [6.07, 6.45) is 0. The van der Waals surface area contributed by atoms with E-state index in [4.69, 9.17) is 32.7 Å². The van der Waals surface area contributed by atoms with Gasteiger partial charge in [-0.3, -0.25) is 0 Å². The number of benzene rings is 1. The molecule has 126 valence electrons. The van der Waals surface area contributed by atoms with Crippen molar-refractivity contribution >= 4 is 34.5 Å². The van der Waals surface area contributed by atoms with E-state index >= 15 is 0 Å². The maximum absolute atomic E-state index is 9.57. The molecule has 7 heteroatoms. The summed E-state index contributed by atoms with van der Waals surface area (Å²) >= 11 is 13.6. The van der Waals surface area contributed by atoms with E-state index in [-0.39, 0.29) is 5.88 Å². The molecule has 0 bridgehead atoms. The molecule has 0 aliphatic rings. The standard InChI is InChI=1S/C18H12Cl2N2O2S/c1-23-11-5-3-10(4-6-11)12-7-15(13-8-16(19)25-17(13)20)22-18(24-2)14(12)9-21/h3-8H,1-2H3. The third-order valence-corrected chi connectivity index (χ3v) is 5.11. The van der Waals surface area contributed by atoms with Crippen molar-refractivity contribution in [3.05, 3.63) is 50.6 Å². The second kappa shape index (κ2) is 7.32. The minimum atomic E-state index is 0.240. The lowest BCUT2D eigenvalue weighted by atomic mass is 9.99. The van der Waals surface area contributed by atoms with Crippen molar-refractivity contribution in [3.63, 3.8) is 0 Å². The molecule has 0 aliphatic heterocycles. The minimum absolute atomic E-state index is 0.240. The maximum Gasteiger partial charge on any atom is 0.232 e. The zero-order valence-electron chi connectivity index (χ0n) is 13.3. The van der Waals surface area contributed by atoms with E-state index in [1.165, 1.54) is 18.4 Å². The lowest BCUT2D eigenvalue weighted by molar-refractivity contribution is 0.397. The van der Waals surface area contributed by atoms with Crippen molar-refractivity contribution in [2.45, 2.75) is 0 Å². The molecule has 25 heavy (non-hydrogen) atoms. The van der Waals surface area contributed by atoms with Gasteiger partial charge in [-0.1, -0.05) is 35.3 Å². The molecule has 0 atom stereocenters. The fraction of sp³-hybridized carbons (Fsp3) is 0.111. The molecule has 0 radical (unpaired) electrons. The topological polar surface area (TPSA) is 55.1 Å². The lowest BCUT2D eigenvalue weighted by Gasteiger charge is -2.11. The molecule has 0 unspecified atom stereocenters. The number of hydrogen-bond acceptors (Lipinski definition) is 5. The van der Waals surface area contributed by atoms with Gasteiger partial charge in [0, 0.05) is 11.1 Å². The second-order valence-corrected chi connectivity index (χ2v) is 7.30. The van der Waals surface area contributed by atoms with Gasteiger partial charge in [-0.05, 0) is 29.8 Å². The van der Waals surface area contributed by atoms with Crippen LogP contribution in [0.4, 0.5) is 0 Å². The molecule has 0 spiro atoms. The number of pyridine rings is 1. The quantitative estimate of drug-likeness (QED) is 0.575. The third kappa shape index (κ3) is 3.42. The average molecular weight is 391 g/mol. The van der Waals surface area contributed by atoms with Crippen LogP contribution in [-0.4, -0.2) is 19.2 Å². The molecule has 0 saturated carbocycles. The van der Waals surface area contributed by atoms with Crippen molar-refractivity contribution in [1.82, 2.24) is 4.98 Å². The van der Waals surface area contributed by atoms with Crippen molar-refractivity contribution in [3.8, 4) is 40.1 Å². The number of nitrogens with zero attached hydrogens (tertiary/aromatic N) is 2. The summed E-state index contributed by atoms with van der Waals surface area (Å²) in [5.74, 6) is 0.973. The Morgan fingerprint density at radius 2 is 1.76 bits per heavy atom. The Labute approximate surface area is 159 Å². The van der Waals surface area contributed by atoms with Gasteiger partial charge in [0.15, 0.2) is 0 Å². The van der Waals surface area contributed by atoms with E-state index in [1.807, 2.05) is 30.3 Å². The SMILES string of the molecule is COc1ccc(-c2cc(-c3cc(Cl)sc3Cl)nc(OC)c2C#N)cc1. The first-order chi connectivity index (χ1) is 12.1. The van der Waals surface area contributed by atoms with E-state index in [0.29, 0.717) is 31.1 Å². The first kappa shape index (κ1) is 17.6.